The molecule has 2 aliphatic rings. The van der Waals surface area contributed by atoms with Crippen LogP contribution < -0.4 is 5.32 Å². The summed E-state index contributed by atoms with van der Waals surface area (Å²) in [6.07, 6.45) is 4.57. The fourth-order valence-electron chi connectivity index (χ4n) is 2.54. The van der Waals surface area contributed by atoms with E-state index in [0.717, 1.165) is 19.3 Å². The molecule has 2 fully saturated rings. The van der Waals surface area contributed by atoms with Crippen LogP contribution in [0, 0.1) is 17.3 Å². The molecule has 2 unspecified atom stereocenters. The van der Waals surface area contributed by atoms with Crippen molar-refractivity contribution >= 4 is 11.9 Å². The Hall–Kier alpha value is -1.06. The van der Waals surface area contributed by atoms with Crippen LogP contribution in [0.4, 0.5) is 0 Å². The third kappa shape index (κ3) is 2.06. The van der Waals surface area contributed by atoms with Crippen molar-refractivity contribution in [2.45, 2.75) is 39.0 Å². The van der Waals surface area contributed by atoms with Gasteiger partial charge in [0.25, 0.3) is 0 Å². The number of carboxylic acid groups (broad SMARTS) is 1. The summed E-state index contributed by atoms with van der Waals surface area (Å²) in [6.45, 7) is 2.41. The second kappa shape index (κ2) is 4.07. The van der Waals surface area contributed by atoms with Crippen molar-refractivity contribution in [3.63, 3.8) is 0 Å². The summed E-state index contributed by atoms with van der Waals surface area (Å²) in [4.78, 5) is 22.8. The molecule has 2 atom stereocenters. The zero-order valence-corrected chi connectivity index (χ0v) is 9.66. The van der Waals surface area contributed by atoms with Crippen LogP contribution >= 0.6 is 0 Å². The van der Waals surface area contributed by atoms with E-state index in [-0.39, 0.29) is 11.8 Å². The summed E-state index contributed by atoms with van der Waals surface area (Å²) in [6, 6.07) is 0. The van der Waals surface area contributed by atoms with E-state index in [1.54, 1.807) is 0 Å². The van der Waals surface area contributed by atoms with Gasteiger partial charge in [0.1, 0.15) is 0 Å². The van der Waals surface area contributed by atoms with Gasteiger partial charge in [0.15, 0.2) is 0 Å². The Kier molecular flexibility index (Phi) is 2.91. The summed E-state index contributed by atoms with van der Waals surface area (Å²) in [5.74, 6) is -0.172. The van der Waals surface area contributed by atoms with Crippen LogP contribution in [-0.4, -0.2) is 23.5 Å². The molecule has 0 bridgehead atoms. The standard InChI is InChI=1S/C12H19NO3/c1-8-3-2-4-9(8)10(14)13-7-12(5-6-12)11(15)16/h8-9H,2-7H2,1H3,(H,13,14)(H,15,16). The Morgan fingerprint density at radius 3 is 2.50 bits per heavy atom. The third-order valence-corrected chi connectivity index (χ3v) is 4.11. The first kappa shape index (κ1) is 11.4. The minimum Gasteiger partial charge on any atom is -0.481 e. The molecule has 0 saturated heterocycles. The van der Waals surface area contributed by atoms with Gasteiger partial charge in [0, 0.05) is 12.5 Å². The SMILES string of the molecule is CC1CCCC1C(=O)NCC1(C(=O)O)CC1. The fraction of sp³-hybridized carbons (Fsp3) is 0.833. The van der Waals surface area contributed by atoms with Gasteiger partial charge in [-0.25, -0.2) is 0 Å². The molecule has 90 valence electrons. The van der Waals surface area contributed by atoms with Crippen LogP contribution in [0.2, 0.25) is 0 Å². The van der Waals surface area contributed by atoms with E-state index in [1.807, 2.05) is 0 Å². The molecular weight excluding hydrogens is 206 g/mol. The Labute approximate surface area is 95.4 Å². The number of aliphatic carboxylic acids is 1. The van der Waals surface area contributed by atoms with Gasteiger partial charge in [-0.15, -0.1) is 0 Å². The molecule has 2 rings (SSSR count). The molecule has 2 saturated carbocycles. The zero-order valence-electron chi connectivity index (χ0n) is 9.66. The lowest BCUT2D eigenvalue weighted by Gasteiger charge is -2.17. The highest BCUT2D eigenvalue weighted by Gasteiger charge is 2.50. The van der Waals surface area contributed by atoms with Crippen LogP contribution in [0.3, 0.4) is 0 Å². The smallest absolute Gasteiger partial charge is 0.311 e. The van der Waals surface area contributed by atoms with Crippen LogP contribution in [0.15, 0.2) is 0 Å². The third-order valence-electron chi connectivity index (χ3n) is 4.11. The van der Waals surface area contributed by atoms with E-state index < -0.39 is 11.4 Å². The minimum absolute atomic E-state index is 0.0533. The number of nitrogens with one attached hydrogen (secondary N) is 1. The fourth-order valence-corrected chi connectivity index (χ4v) is 2.54. The molecule has 0 aliphatic heterocycles. The molecule has 0 aromatic heterocycles. The van der Waals surface area contributed by atoms with Crippen molar-refractivity contribution < 1.29 is 14.7 Å². The topological polar surface area (TPSA) is 66.4 Å². The second-order valence-electron chi connectivity index (χ2n) is 5.32. The van der Waals surface area contributed by atoms with Gasteiger partial charge < -0.3 is 10.4 Å². The molecule has 0 spiro atoms. The van der Waals surface area contributed by atoms with Crippen molar-refractivity contribution in [3.05, 3.63) is 0 Å². The summed E-state index contributed by atoms with van der Waals surface area (Å²) in [5.41, 5.74) is -0.641. The normalized spacial score (nSPS) is 31.1. The van der Waals surface area contributed by atoms with Gasteiger partial charge in [-0.3, -0.25) is 9.59 Å². The second-order valence-corrected chi connectivity index (χ2v) is 5.32. The number of carbonyl (C=O) groups is 2. The lowest BCUT2D eigenvalue weighted by Crippen LogP contribution is -2.38. The highest BCUT2D eigenvalue weighted by molar-refractivity contribution is 5.82. The van der Waals surface area contributed by atoms with Gasteiger partial charge in [-0.1, -0.05) is 13.3 Å². The summed E-state index contributed by atoms with van der Waals surface area (Å²) >= 11 is 0. The number of amides is 1. The van der Waals surface area contributed by atoms with E-state index in [9.17, 15) is 9.59 Å². The molecule has 2 N–H and O–H groups in total. The van der Waals surface area contributed by atoms with Crippen LogP contribution in [0.25, 0.3) is 0 Å². The quantitative estimate of drug-likeness (QED) is 0.760. The highest BCUT2D eigenvalue weighted by atomic mass is 16.4. The molecule has 0 aromatic rings. The van der Waals surface area contributed by atoms with Crippen LogP contribution in [0.5, 0.6) is 0 Å². The average Bonchev–Trinajstić information content (AvgIpc) is 2.92. The van der Waals surface area contributed by atoms with Crippen LogP contribution in [0.1, 0.15) is 39.0 Å². The molecule has 16 heavy (non-hydrogen) atoms. The number of carbonyl (C=O) groups excluding carboxylic acids is 1. The maximum absolute atomic E-state index is 11.8. The number of carboxylic acids is 1. The predicted octanol–water partition coefficient (Wildman–Crippen LogP) is 1.40. The van der Waals surface area contributed by atoms with Gasteiger partial charge in [0.05, 0.1) is 5.41 Å². The zero-order chi connectivity index (χ0) is 11.8. The molecule has 0 heterocycles. The lowest BCUT2D eigenvalue weighted by atomic mass is 9.97. The summed E-state index contributed by atoms with van der Waals surface area (Å²) < 4.78 is 0. The molecule has 0 radical (unpaired) electrons. The number of hydrogen-bond donors (Lipinski definition) is 2. The summed E-state index contributed by atoms with van der Waals surface area (Å²) in [5, 5.41) is 11.8. The minimum atomic E-state index is -0.771. The lowest BCUT2D eigenvalue weighted by molar-refractivity contribution is -0.143. The largest absolute Gasteiger partial charge is 0.481 e. The molecule has 4 heteroatoms. The van der Waals surface area contributed by atoms with E-state index in [0.29, 0.717) is 25.3 Å². The Morgan fingerprint density at radius 1 is 1.38 bits per heavy atom. The van der Waals surface area contributed by atoms with E-state index in [2.05, 4.69) is 12.2 Å². The highest BCUT2D eigenvalue weighted by Crippen LogP contribution is 2.45. The number of rotatable bonds is 4. The van der Waals surface area contributed by atoms with Crippen molar-refractivity contribution in [3.8, 4) is 0 Å². The molecule has 4 nitrogen and oxygen atoms in total. The van der Waals surface area contributed by atoms with Gasteiger partial charge in [0.2, 0.25) is 5.91 Å². The number of hydrogen-bond acceptors (Lipinski definition) is 2. The van der Waals surface area contributed by atoms with Crippen molar-refractivity contribution in [2.75, 3.05) is 6.54 Å². The maximum atomic E-state index is 11.8. The Balaban J connectivity index is 1.82. The Bertz CT molecular complexity index is 309. The van der Waals surface area contributed by atoms with Gasteiger partial charge in [-0.05, 0) is 31.6 Å². The maximum Gasteiger partial charge on any atom is 0.311 e. The van der Waals surface area contributed by atoms with Crippen molar-refractivity contribution in [2.24, 2.45) is 17.3 Å². The molecule has 2 aliphatic carbocycles. The Morgan fingerprint density at radius 2 is 2.06 bits per heavy atom. The van der Waals surface area contributed by atoms with Gasteiger partial charge >= 0.3 is 5.97 Å². The van der Waals surface area contributed by atoms with E-state index in [4.69, 9.17) is 5.11 Å². The predicted molar refractivity (Wildman–Crippen MR) is 58.8 cm³/mol. The first-order valence-electron chi connectivity index (χ1n) is 6.06. The van der Waals surface area contributed by atoms with Crippen molar-refractivity contribution in [1.29, 1.82) is 0 Å². The first-order valence-corrected chi connectivity index (χ1v) is 6.06. The van der Waals surface area contributed by atoms with E-state index >= 15 is 0 Å². The van der Waals surface area contributed by atoms with Gasteiger partial charge in [-0.2, -0.15) is 0 Å². The molecular formula is C12H19NO3. The van der Waals surface area contributed by atoms with Crippen LogP contribution in [-0.2, 0) is 9.59 Å². The summed E-state index contributed by atoms with van der Waals surface area (Å²) in [7, 11) is 0. The molecule has 0 aromatic carbocycles. The monoisotopic (exact) mass is 225 g/mol. The first-order chi connectivity index (χ1) is 7.55. The van der Waals surface area contributed by atoms with Crippen molar-refractivity contribution in [1.82, 2.24) is 5.32 Å². The average molecular weight is 225 g/mol. The molecule has 1 amide bonds. The van der Waals surface area contributed by atoms with E-state index in [1.165, 1.54) is 0 Å².